The Morgan fingerprint density at radius 2 is 2.04 bits per heavy atom. The largest absolute Gasteiger partial charge is 0.341 e. The Hall–Kier alpha value is -1.40. The van der Waals surface area contributed by atoms with Crippen LogP contribution in [0.4, 0.5) is 0 Å². The highest BCUT2D eigenvalue weighted by Crippen LogP contribution is 2.26. The summed E-state index contributed by atoms with van der Waals surface area (Å²) in [6.07, 6.45) is 5.07. The second-order valence-electron chi connectivity index (χ2n) is 6.79. The minimum absolute atomic E-state index is 0.0183. The van der Waals surface area contributed by atoms with Crippen LogP contribution in [0.2, 0.25) is 0 Å². The molecular weight excluding hydrogens is 322 g/mol. The van der Waals surface area contributed by atoms with Crippen molar-refractivity contribution >= 4 is 23.2 Å². The van der Waals surface area contributed by atoms with Gasteiger partial charge in [0.15, 0.2) is 0 Å². The van der Waals surface area contributed by atoms with E-state index in [1.807, 2.05) is 29.5 Å². The van der Waals surface area contributed by atoms with Crippen LogP contribution in [0.1, 0.15) is 41.8 Å². The number of hydrogen-bond donors (Lipinski definition) is 1. The van der Waals surface area contributed by atoms with E-state index < -0.39 is 0 Å². The predicted molar refractivity (Wildman–Crippen MR) is 96.2 cm³/mol. The van der Waals surface area contributed by atoms with Crippen LogP contribution >= 0.6 is 11.3 Å². The fraction of sp³-hybridized carbons (Fsp3) is 0.667. The molecule has 6 heteroatoms. The lowest BCUT2D eigenvalue weighted by atomic mass is 9.93. The Labute approximate surface area is 148 Å². The maximum absolute atomic E-state index is 12.9. The highest BCUT2D eigenvalue weighted by molar-refractivity contribution is 7.12. The van der Waals surface area contributed by atoms with E-state index in [0.29, 0.717) is 12.5 Å². The summed E-state index contributed by atoms with van der Waals surface area (Å²) in [7, 11) is 1.98. The number of rotatable bonds is 5. The van der Waals surface area contributed by atoms with Crippen molar-refractivity contribution in [3.8, 4) is 0 Å². The quantitative estimate of drug-likeness (QED) is 0.887. The maximum atomic E-state index is 12.9. The summed E-state index contributed by atoms with van der Waals surface area (Å²) in [5.74, 6) is 0.892. The highest BCUT2D eigenvalue weighted by atomic mass is 32.1. The first-order chi connectivity index (χ1) is 11.7. The van der Waals surface area contributed by atoms with Gasteiger partial charge in [-0.05, 0) is 63.1 Å². The molecule has 0 aromatic carbocycles. The SMILES string of the molecule is CNCCC1CCN(C(=O)C2CCCN2C(=O)c2cccs2)CC1. The van der Waals surface area contributed by atoms with Crippen molar-refractivity contribution in [3.05, 3.63) is 22.4 Å². The van der Waals surface area contributed by atoms with Crippen LogP contribution in [0.25, 0.3) is 0 Å². The number of nitrogens with one attached hydrogen (secondary N) is 1. The van der Waals surface area contributed by atoms with E-state index in [-0.39, 0.29) is 17.9 Å². The van der Waals surface area contributed by atoms with Crippen molar-refractivity contribution in [3.63, 3.8) is 0 Å². The summed E-state index contributed by atoms with van der Waals surface area (Å²) in [5.41, 5.74) is 0. The normalized spacial score (nSPS) is 22.1. The zero-order valence-corrected chi connectivity index (χ0v) is 15.2. The van der Waals surface area contributed by atoms with Crippen molar-refractivity contribution in [2.45, 2.75) is 38.1 Å². The Kier molecular flexibility index (Phi) is 5.89. The molecule has 5 nitrogen and oxygen atoms in total. The minimum Gasteiger partial charge on any atom is -0.341 e. The van der Waals surface area contributed by atoms with Crippen molar-refractivity contribution < 1.29 is 9.59 Å². The van der Waals surface area contributed by atoms with Crippen LogP contribution in [0.3, 0.4) is 0 Å². The first-order valence-electron chi connectivity index (χ1n) is 8.98. The molecule has 1 atom stereocenters. The lowest BCUT2D eigenvalue weighted by molar-refractivity contribution is -0.136. The van der Waals surface area contributed by atoms with Gasteiger partial charge in [0.2, 0.25) is 5.91 Å². The van der Waals surface area contributed by atoms with Crippen LogP contribution in [-0.4, -0.2) is 60.9 Å². The molecule has 0 saturated carbocycles. The molecule has 1 N–H and O–H groups in total. The lowest BCUT2D eigenvalue weighted by Crippen LogP contribution is -2.50. The van der Waals surface area contributed by atoms with Gasteiger partial charge in [0.25, 0.3) is 5.91 Å². The van der Waals surface area contributed by atoms with E-state index in [9.17, 15) is 9.59 Å². The van der Waals surface area contributed by atoms with Crippen LogP contribution in [0.15, 0.2) is 17.5 Å². The average molecular weight is 350 g/mol. The Bertz CT molecular complexity index is 553. The minimum atomic E-state index is -0.256. The zero-order valence-electron chi connectivity index (χ0n) is 14.4. The molecule has 2 fully saturated rings. The number of piperidine rings is 1. The van der Waals surface area contributed by atoms with Gasteiger partial charge in [-0.2, -0.15) is 0 Å². The molecule has 2 amide bonds. The second-order valence-corrected chi connectivity index (χ2v) is 7.74. The van der Waals surface area contributed by atoms with Crippen molar-refractivity contribution in [1.82, 2.24) is 15.1 Å². The van der Waals surface area contributed by atoms with E-state index in [1.165, 1.54) is 17.8 Å². The van der Waals surface area contributed by atoms with E-state index in [4.69, 9.17) is 0 Å². The van der Waals surface area contributed by atoms with Crippen LogP contribution in [0, 0.1) is 5.92 Å². The number of hydrogen-bond acceptors (Lipinski definition) is 4. The van der Waals surface area contributed by atoms with E-state index in [0.717, 1.165) is 50.2 Å². The Balaban J connectivity index is 1.57. The van der Waals surface area contributed by atoms with Gasteiger partial charge in [-0.3, -0.25) is 9.59 Å². The van der Waals surface area contributed by atoms with Crippen LogP contribution in [-0.2, 0) is 4.79 Å². The maximum Gasteiger partial charge on any atom is 0.264 e. The average Bonchev–Trinajstić information content (AvgIpc) is 3.30. The summed E-state index contributed by atoms with van der Waals surface area (Å²) < 4.78 is 0. The molecule has 3 heterocycles. The molecule has 24 heavy (non-hydrogen) atoms. The smallest absolute Gasteiger partial charge is 0.264 e. The molecule has 0 aliphatic carbocycles. The highest BCUT2D eigenvalue weighted by Gasteiger charge is 2.38. The number of likely N-dealkylation sites (tertiary alicyclic amines) is 2. The summed E-state index contributed by atoms with van der Waals surface area (Å²) in [6.45, 7) is 3.42. The Morgan fingerprint density at radius 1 is 1.25 bits per heavy atom. The third-order valence-electron chi connectivity index (χ3n) is 5.26. The molecule has 1 unspecified atom stereocenters. The third-order valence-corrected chi connectivity index (χ3v) is 6.12. The molecule has 132 valence electrons. The van der Waals surface area contributed by atoms with Crippen molar-refractivity contribution in [1.29, 1.82) is 0 Å². The predicted octanol–water partition coefficient (Wildman–Crippen LogP) is 2.20. The van der Waals surface area contributed by atoms with Crippen LogP contribution in [0.5, 0.6) is 0 Å². The van der Waals surface area contributed by atoms with Gasteiger partial charge < -0.3 is 15.1 Å². The van der Waals surface area contributed by atoms with Gasteiger partial charge in [-0.1, -0.05) is 6.07 Å². The molecule has 2 aliphatic rings. The first kappa shape index (κ1) is 17.4. The molecule has 2 aliphatic heterocycles. The van der Waals surface area contributed by atoms with Crippen molar-refractivity contribution in [2.24, 2.45) is 5.92 Å². The van der Waals surface area contributed by atoms with Crippen LogP contribution < -0.4 is 5.32 Å². The number of carbonyl (C=O) groups is 2. The topological polar surface area (TPSA) is 52.7 Å². The number of carbonyl (C=O) groups excluding carboxylic acids is 2. The molecule has 0 radical (unpaired) electrons. The van der Waals surface area contributed by atoms with E-state index in [1.54, 1.807) is 4.90 Å². The Morgan fingerprint density at radius 3 is 2.71 bits per heavy atom. The summed E-state index contributed by atoms with van der Waals surface area (Å²) in [6, 6.07) is 3.48. The van der Waals surface area contributed by atoms with Gasteiger partial charge in [0.05, 0.1) is 4.88 Å². The van der Waals surface area contributed by atoms with Crippen molar-refractivity contribution in [2.75, 3.05) is 33.2 Å². The standard InChI is InChI=1S/C18H27N3O2S/c1-19-9-6-14-7-11-20(12-8-14)17(22)15-4-2-10-21(15)18(23)16-5-3-13-24-16/h3,5,13-15,19H,2,4,6-12H2,1H3. The summed E-state index contributed by atoms with van der Waals surface area (Å²) in [5, 5.41) is 5.11. The third kappa shape index (κ3) is 3.81. The van der Waals surface area contributed by atoms with E-state index in [2.05, 4.69) is 5.32 Å². The number of amides is 2. The summed E-state index contributed by atoms with van der Waals surface area (Å²) >= 11 is 1.45. The van der Waals surface area contributed by atoms with Gasteiger partial charge in [-0.15, -0.1) is 11.3 Å². The molecule has 1 aromatic heterocycles. The molecule has 3 rings (SSSR count). The van der Waals surface area contributed by atoms with Gasteiger partial charge in [0.1, 0.15) is 6.04 Å². The lowest BCUT2D eigenvalue weighted by Gasteiger charge is -2.35. The molecule has 2 saturated heterocycles. The van der Waals surface area contributed by atoms with Gasteiger partial charge in [-0.25, -0.2) is 0 Å². The second kappa shape index (κ2) is 8.12. The van der Waals surface area contributed by atoms with Gasteiger partial charge >= 0.3 is 0 Å². The zero-order chi connectivity index (χ0) is 16.9. The fourth-order valence-electron chi connectivity index (χ4n) is 3.81. The van der Waals surface area contributed by atoms with E-state index >= 15 is 0 Å². The van der Waals surface area contributed by atoms with Gasteiger partial charge in [0, 0.05) is 19.6 Å². The fourth-order valence-corrected chi connectivity index (χ4v) is 4.49. The molecule has 0 bridgehead atoms. The monoisotopic (exact) mass is 349 g/mol. The molecule has 0 spiro atoms. The molecular formula is C18H27N3O2S. The number of nitrogens with zero attached hydrogens (tertiary/aromatic N) is 2. The molecule has 1 aromatic rings. The number of thiophene rings is 1. The first-order valence-corrected chi connectivity index (χ1v) is 9.86. The summed E-state index contributed by atoms with van der Waals surface area (Å²) in [4.78, 5) is 30.1.